The topological polar surface area (TPSA) is 38.1 Å². The van der Waals surface area contributed by atoms with Crippen molar-refractivity contribution in [1.29, 1.82) is 0 Å². The first-order chi connectivity index (χ1) is 9.19. The fourth-order valence-corrected chi connectivity index (χ4v) is 1.74. The molecule has 2 rings (SSSR count). The monoisotopic (exact) mass is 266 g/mol. The van der Waals surface area contributed by atoms with Gasteiger partial charge in [0.25, 0.3) is 0 Å². The summed E-state index contributed by atoms with van der Waals surface area (Å²) in [5.41, 5.74) is 0.687. The standard InChI is InChI=1S/C14H16F2N2O/c1-2-3-14-18-9-11(19-14)8-17-7-10-4-5-12(15)13(16)6-10/h4-6,9,17H,2-3,7-8H2,1H3. The molecule has 0 atom stereocenters. The molecule has 0 fully saturated rings. The molecular weight excluding hydrogens is 250 g/mol. The van der Waals surface area contributed by atoms with E-state index < -0.39 is 11.6 Å². The van der Waals surface area contributed by atoms with Crippen molar-refractivity contribution in [2.24, 2.45) is 0 Å². The molecule has 102 valence electrons. The molecule has 0 amide bonds. The highest BCUT2D eigenvalue weighted by atomic mass is 19.2. The Morgan fingerprint density at radius 3 is 2.79 bits per heavy atom. The van der Waals surface area contributed by atoms with Gasteiger partial charge in [0.2, 0.25) is 0 Å². The summed E-state index contributed by atoms with van der Waals surface area (Å²) >= 11 is 0. The fraction of sp³-hybridized carbons (Fsp3) is 0.357. The van der Waals surface area contributed by atoms with Gasteiger partial charge < -0.3 is 9.73 Å². The van der Waals surface area contributed by atoms with Crippen molar-refractivity contribution in [2.45, 2.75) is 32.9 Å². The molecule has 3 nitrogen and oxygen atoms in total. The smallest absolute Gasteiger partial charge is 0.194 e. The second-order valence-electron chi connectivity index (χ2n) is 4.32. The lowest BCUT2D eigenvalue weighted by Gasteiger charge is -2.03. The number of nitrogens with one attached hydrogen (secondary N) is 1. The molecular formula is C14H16F2N2O. The highest BCUT2D eigenvalue weighted by molar-refractivity contribution is 5.17. The van der Waals surface area contributed by atoms with Crippen LogP contribution in [0.25, 0.3) is 0 Å². The van der Waals surface area contributed by atoms with Crippen LogP contribution >= 0.6 is 0 Å². The molecule has 1 heterocycles. The maximum Gasteiger partial charge on any atom is 0.194 e. The Hall–Kier alpha value is -1.75. The Labute approximate surface area is 110 Å². The summed E-state index contributed by atoms with van der Waals surface area (Å²) in [6.45, 7) is 3.02. The zero-order valence-electron chi connectivity index (χ0n) is 10.7. The highest BCUT2D eigenvalue weighted by Crippen LogP contribution is 2.09. The predicted octanol–water partition coefficient (Wildman–Crippen LogP) is 3.20. The minimum Gasteiger partial charge on any atom is -0.444 e. The number of hydrogen-bond acceptors (Lipinski definition) is 3. The largest absolute Gasteiger partial charge is 0.444 e. The minimum absolute atomic E-state index is 0.445. The first-order valence-electron chi connectivity index (χ1n) is 6.27. The van der Waals surface area contributed by atoms with E-state index >= 15 is 0 Å². The van der Waals surface area contributed by atoms with Gasteiger partial charge in [-0.15, -0.1) is 0 Å². The zero-order valence-corrected chi connectivity index (χ0v) is 10.7. The van der Waals surface area contributed by atoms with Gasteiger partial charge in [-0.2, -0.15) is 0 Å². The third kappa shape index (κ3) is 3.86. The summed E-state index contributed by atoms with van der Waals surface area (Å²) in [6, 6.07) is 3.86. The normalized spacial score (nSPS) is 10.9. The van der Waals surface area contributed by atoms with E-state index in [4.69, 9.17) is 4.42 Å². The van der Waals surface area contributed by atoms with Gasteiger partial charge in [0, 0.05) is 13.0 Å². The van der Waals surface area contributed by atoms with Crippen LogP contribution in [0.1, 0.15) is 30.6 Å². The summed E-state index contributed by atoms with van der Waals surface area (Å²) in [7, 11) is 0. The molecule has 0 aliphatic rings. The molecule has 1 N–H and O–H groups in total. The number of halogens is 2. The van der Waals surface area contributed by atoms with Gasteiger partial charge in [-0.3, -0.25) is 0 Å². The first-order valence-corrected chi connectivity index (χ1v) is 6.27. The average molecular weight is 266 g/mol. The second kappa shape index (κ2) is 6.43. The Morgan fingerprint density at radius 1 is 1.21 bits per heavy atom. The van der Waals surface area contributed by atoms with Crippen molar-refractivity contribution in [3.63, 3.8) is 0 Å². The van der Waals surface area contributed by atoms with E-state index in [9.17, 15) is 8.78 Å². The Morgan fingerprint density at radius 2 is 2.05 bits per heavy atom. The van der Waals surface area contributed by atoms with Crippen LogP contribution in [0.2, 0.25) is 0 Å². The van der Waals surface area contributed by atoms with Crippen LogP contribution in [-0.2, 0) is 19.5 Å². The van der Waals surface area contributed by atoms with Crippen LogP contribution in [0, 0.1) is 11.6 Å². The van der Waals surface area contributed by atoms with Crippen molar-refractivity contribution in [1.82, 2.24) is 10.3 Å². The Bertz CT molecular complexity index is 540. The van der Waals surface area contributed by atoms with Crippen LogP contribution < -0.4 is 5.32 Å². The lowest BCUT2D eigenvalue weighted by atomic mass is 10.2. The SMILES string of the molecule is CCCc1ncc(CNCc2ccc(F)c(F)c2)o1. The Balaban J connectivity index is 1.83. The third-order valence-electron chi connectivity index (χ3n) is 2.68. The van der Waals surface area contributed by atoms with Crippen LogP contribution in [0.3, 0.4) is 0 Å². The quantitative estimate of drug-likeness (QED) is 0.872. The third-order valence-corrected chi connectivity index (χ3v) is 2.68. The van der Waals surface area contributed by atoms with Gasteiger partial charge in [-0.25, -0.2) is 13.8 Å². The number of benzene rings is 1. The van der Waals surface area contributed by atoms with Crippen molar-refractivity contribution >= 4 is 0 Å². The molecule has 5 heteroatoms. The summed E-state index contributed by atoms with van der Waals surface area (Å²) in [6.07, 6.45) is 3.49. The molecule has 1 aromatic carbocycles. The van der Waals surface area contributed by atoms with Gasteiger partial charge in [0.15, 0.2) is 17.5 Å². The van der Waals surface area contributed by atoms with Crippen molar-refractivity contribution < 1.29 is 13.2 Å². The van der Waals surface area contributed by atoms with Crippen LogP contribution in [-0.4, -0.2) is 4.98 Å². The molecule has 0 spiro atoms. The second-order valence-corrected chi connectivity index (χ2v) is 4.32. The molecule has 2 aromatic rings. The fourth-order valence-electron chi connectivity index (χ4n) is 1.74. The van der Waals surface area contributed by atoms with Crippen LogP contribution in [0.5, 0.6) is 0 Å². The zero-order chi connectivity index (χ0) is 13.7. The van der Waals surface area contributed by atoms with Gasteiger partial charge in [-0.05, 0) is 24.1 Å². The van der Waals surface area contributed by atoms with E-state index in [0.29, 0.717) is 18.7 Å². The maximum absolute atomic E-state index is 13.0. The summed E-state index contributed by atoms with van der Waals surface area (Å²) in [5.74, 6) is -0.189. The molecule has 19 heavy (non-hydrogen) atoms. The van der Waals surface area contributed by atoms with Crippen LogP contribution in [0.4, 0.5) is 8.78 Å². The lowest BCUT2D eigenvalue weighted by Crippen LogP contribution is -2.12. The van der Waals surface area contributed by atoms with Gasteiger partial charge in [0.1, 0.15) is 5.76 Å². The van der Waals surface area contributed by atoms with E-state index in [1.54, 1.807) is 12.3 Å². The molecule has 0 radical (unpaired) electrons. The van der Waals surface area contributed by atoms with Crippen molar-refractivity contribution in [3.8, 4) is 0 Å². The molecule has 0 saturated heterocycles. The van der Waals surface area contributed by atoms with E-state index in [-0.39, 0.29) is 0 Å². The summed E-state index contributed by atoms with van der Waals surface area (Å²) in [5, 5.41) is 3.10. The number of oxazole rings is 1. The lowest BCUT2D eigenvalue weighted by molar-refractivity contribution is 0.436. The molecule has 0 saturated carbocycles. The molecule has 0 bridgehead atoms. The van der Waals surface area contributed by atoms with Crippen molar-refractivity contribution in [2.75, 3.05) is 0 Å². The minimum atomic E-state index is -0.830. The van der Waals surface area contributed by atoms with Gasteiger partial charge >= 0.3 is 0 Å². The molecule has 1 aromatic heterocycles. The number of hydrogen-bond donors (Lipinski definition) is 1. The summed E-state index contributed by atoms with van der Waals surface area (Å²) in [4.78, 5) is 4.14. The number of nitrogens with zero attached hydrogens (tertiary/aromatic N) is 1. The Kier molecular flexibility index (Phi) is 4.63. The summed E-state index contributed by atoms with van der Waals surface area (Å²) < 4.78 is 31.2. The van der Waals surface area contributed by atoms with E-state index in [2.05, 4.69) is 17.2 Å². The average Bonchev–Trinajstić information content (AvgIpc) is 2.82. The number of aromatic nitrogens is 1. The van der Waals surface area contributed by atoms with E-state index in [1.807, 2.05) is 0 Å². The molecule has 0 unspecified atom stereocenters. The number of rotatable bonds is 6. The van der Waals surface area contributed by atoms with Crippen molar-refractivity contribution in [3.05, 3.63) is 53.2 Å². The highest BCUT2D eigenvalue weighted by Gasteiger charge is 2.04. The molecule has 0 aliphatic heterocycles. The maximum atomic E-state index is 13.0. The van der Waals surface area contributed by atoms with Crippen LogP contribution in [0.15, 0.2) is 28.8 Å². The predicted molar refractivity (Wildman–Crippen MR) is 67.4 cm³/mol. The van der Waals surface area contributed by atoms with E-state index in [1.165, 1.54) is 6.07 Å². The first kappa shape index (κ1) is 13.7. The number of aryl methyl sites for hydroxylation is 1. The van der Waals surface area contributed by atoms with Gasteiger partial charge in [-0.1, -0.05) is 13.0 Å². The van der Waals surface area contributed by atoms with Gasteiger partial charge in [0.05, 0.1) is 12.7 Å². The molecule has 0 aliphatic carbocycles. The van der Waals surface area contributed by atoms with E-state index in [0.717, 1.165) is 30.6 Å².